The van der Waals surface area contributed by atoms with Crippen molar-refractivity contribution < 1.29 is 29.3 Å². The van der Waals surface area contributed by atoms with E-state index in [-0.39, 0.29) is 25.0 Å². The minimum Gasteiger partial charge on any atom is -0.461 e. The van der Waals surface area contributed by atoms with Crippen LogP contribution in [0.3, 0.4) is 0 Å². The summed E-state index contributed by atoms with van der Waals surface area (Å²) < 4.78 is 9.11. The molecule has 0 bridgehead atoms. The van der Waals surface area contributed by atoms with Crippen LogP contribution in [-0.2, 0) is 19.1 Å². The molecule has 0 saturated heterocycles. The summed E-state index contributed by atoms with van der Waals surface area (Å²) in [5.74, 6) is -6.01. The highest BCUT2D eigenvalue weighted by molar-refractivity contribution is 6.01. The first-order valence-electron chi connectivity index (χ1n) is 5.47. The molecule has 0 spiro atoms. The molecule has 0 amide bonds. The van der Waals surface area contributed by atoms with Gasteiger partial charge in [0.2, 0.25) is 0 Å². The molecule has 100 valence electrons. The fourth-order valence-electron chi connectivity index (χ4n) is 0.769. The number of carbonyl (C=O) groups excluding carboxylic acids is 2. The minimum atomic E-state index is -3.23. The van der Waals surface area contributed by atoms with Crippen LogP contribution >= 0.6 is 0 Å². The van der Waals surface area contributed by atoms with E-state index in [4.69, 9.17) is 0 Å². The predicted molar refractivity (Wildman–Crippen MR) is 58.8 cm³/mol. The first kappa shape index (κ1) is 15.9. The third kappa shape index (κ3) is 5.65. The summed E-state index contributed by atoms with van der Waals surface area (Å²) in [7, 11) is 0. The van der Waals surface area contributed by atoms with E-state index in [1.54, 1.807) is 27.7 Å². The average molecular weight is 248 g/mol. The number of carbonyl (C=O) groups is 2. The summed E-state index contributed by atoms with van der Waals surface area (Å²) in [5, 5.41) is 18.6. The number of rotatable bonds is 6. The molecule has 17 heavy (non-hydrogen) atoms. The van der Waals surface area contributed by atoms with E-state index in [0.717, 1.165) is 0 Å². The zero-order valence-corrected chi connectivity index (χ0v) is 10.6. The van der Waals surface area contributed by atoms with Gasteiger partial charge in [0, 0.05) is 0 Å². The van der Waals surface area contributed by atoms with Crippen molar-refractivity contribution in [3.8, 4) is 0 Å². The topological polar surface area (TPSA) is 93.1 Å². The quantitative estimate of drug-likeness (QED) is 0.392. The molecule has 0 rings (SSSR count). The van der Waals surface area contributed by atoms with Crippen LogP contribution in [0, 0.1) is 11.8 Å². The van der Waals surface area contributed by atoms with Crippen LogP contribution in [-0.4, -0.2) is 41.2 Å². The van der Waals surface area contributed by atoms with Crippen molar-refractivity contribution >= 4 is 11.9 Å². The normalized spacial score (nSPS) is 11.8. The number of esters is 2. The molecule has 0 aromatic heterocycles. The molecule has 0 radical (unpaired) electrons. The molecule has 0 aromatic rings. The Kier molecular flexibility index (Phi) is 6.12. The summed E-state index contributed by atoms with van der Waals surface area (Å²) >= 11 is 0. The van der Waals surface area contributed by atoms with Crippen LogP contribution in [0.2, 0.25) is 0 Å². The Morgan fingerprint density at radius 1 is 0.941 bits per heavy atom. The van der Waals surface area contributed by atoms with Crippen molar-refractivity contribution in [2.45, 2.75) is 33.5 Å². The van der Waals surface area contributed by atoms with Gasteiger partial charge in [-0.2, -0.15) is 0 Å². The first-order valence-corrected chi connectivity index (χ1v) is 5.47. The molecular weight excluding hydrogens is 228 g/mol. The Balaban J connectivity index is 4.33. The molecule has 0 aliphatic heterocycles. The molecule has 0 fully saturated rings. The van der Waals surface area contributed by atoms with E-state index in [9.17, 15) is 19.8 Å². The maximum Gasteiger partial charge on any atom is 0.379 e. The summed E-state index contributed by atoms with van der Waals surface area (Å²) in [4.78, 5) is 22.5. The van der Waals surface area contributed by atoms with E-state index < -0.39 is 17.7 Å². The Labute approximate surface area is 101 Å². The molecule has 2 N–H and O–H groups in total. The molecule has 0 saturated carbocycles. The smallest absolute Gasteiger partial charge is 0.379 e. The Hall–Kier alpha value is -1.14. The molecule has 6 heteroatoms. The molecular formula is C11H20O6. The van der Waals surface area contributed by atoms with Gasteiger partial charge >= 0.3 is 17.7 Å². The Morgan fingerprint density at radius 2 is 1.24 bits per heavy atom. The fraction of sp³-hybridized carbons (Fsp3) is 0.818. The van der Waals surface area contributed by atoms with Crippen molar-refractivity contribution in [3.63, 3.8) is 0 Å². The lowest BCUT2D eigenvalue weighted by Gasteiger charge is -2.19. The van der Waals surface area contributed by atoms with Crippen LogP contribution in [0.15, 0.2) is 0 Å². The maximum absolute atomic E-state index is 11.2. The second-order valence-electron chi connectivity index (χ2n) is 4.66. The van der Waals surface area contributed by atoms with Crippen molar-refractivity contribution in [1.82, 2.24) is 0 Å². The Bertz CT molecular complexity index is 243. The lowest BCUT2D eigenvalue weighted by Crippen LogP contribution is -2.49. The van der Waals surface area contributed by atoms with E-state index in [1.165, 1.54) is 0 Å². The van der Waals surface area contributed by atoms with E-state index >= 15 is 0 Å². The number of aliphatic hydroxyl groups is 2. The van der Waals surface area contributed by atoms with Gasteiger partial charge in [-0.25, -0.2) is 9.59 Å². The largest absolute Gasteiger partial charge is 0.461 e. The van der Waals surface area contributed by atoms with Crippen LogP contribution in [0.4, 0.5) is 0 Å². The SMILES string of the molecule is CC(C)COC(=O)C(O)(O)C(=O)OCC(C)C. The van der Waals surface area contributed by atoms with Gasteiger partial charge < -0.3 is 19.7 Å². The van der Waals surface area contributed by atoms with Crippen LogP contribution in [0.1, 0.15) is 27.7 Å². The van der Waals surface area contributed by atoms with Crippen molar-refractivity contribution in [2.75, 3.05) is 13.2 Å². The summed E-state index contributed by atoms with van der Waals surface area (Å²) in [5.41, 5.74) is 0. The summed E-state index contributed by atoms with van der Waals surface area (Å²) in [6, 6.07) is 0. The number of hydrogen-bond acceptors (Lipinski definition) is 6. The Morgan fingerprint density at radius 3 is 1.47 bits per heavy atom. The van der Waals surface area contributed by atoms with Gasteiger partial charge in [-0.3, -0.25) is 0 Å². The van der Waals surface area contributed by atoms with Crippen molar-refractivity contribution in [1.29, 1.82) is 0 Å². The van der Waals surface area contributed by atoms with Gasteiger partial charge in [-0.15, -0.1) is 0 Å². The van der Waals surface area contributed by atoms with E-state index in [0.29, 0.717) is 0 Å². The third-order valence-electron chi connectivity index (χ3n) is 1.66. The van der Waals surface area contributed by atoms with Crippen molar-refractivity contribution in [3.05, 3.63) is 0 Å². The van der Waals surface area contributed by atoms with Crippen LogP contribution in [0.25, 0.3) is 0 Å². The molecule has 0 atom stereocenters. The lowest BCUT2D eigenvalue weighted by molar-refractivity contribution is -0.225. The van der Waals surface area contributed by atoms with Gasteiger partial charge in [-0.1, -0.05) is 27.7 Å². The molecule has 0 aromatic carbocycles. The second-order valence-corrected chi connectivity index (χ2v) is 4.66. The monoisotopic (exact) mass is 248 g/mol. The highest BCUT2D eigenvalue weighted by Crippen LogP contribution is 2.08. The molecule has 0 unspecified atom stereocenters. The standard InChI is InChI=1S/C11H20O6/c1-7(2)5-16-9(12)11(14,15)10(13)17-6-8(3)4/h7-8,14-15H,5-6H2,1-4H3. The molecule has 6 nitrogen and oxygen atoms in total. The lowest BCUT2D eigenvalue weighted by atomic mass is 10.2. The zero-order chi connectivity index (χ0) is 13.6. The highest BCUT2D eigenvalue weighted by Gasteiger charge is 2.46. The van der Waals surface area contributed by atoms with Gasteiger partial charge in [0.25, 0.3) is 0 Å². The number of hydrogen-bond donors (Lipinski definition) is 2. The molecule has 0 heterocycles. The zero-order valence-electron chi connectivity index (χ0n) is 10.6. The third-order valence-corrected chi connectivity index (χ3v) is 1.66. The van der Waals surface area contributed by atoms with Crippen molar-refractivity contribution in [2.24, 2.45) is 11.8 Å². The minimum absolute atomic E-state index is 0.000829. The highest BCUT2D eigenvalue weighted by atomic mass is 16.6. The van der Waals surface area contributed by atoms with Crippen LogP contribution in [0.5, 0.6) is 0 Å². The summed E-state index contributed by atoms with van der Waals surface area (Å²) in [6.07, 6.45) is 0. The number of ether oxygens (including phenoxy) is 2. The van der Waals surface area contributed by atoms with Gasteiger partial charge in [-0.05, 0) is 11.8 Å². The predicted octanol–water partition coefficient (Wildman–Crippen LogP) is 0.0657. The first-order chi connectivity index (χ1) is 7.67. The average Bonchev–Trinajstić information content (AvgIpc) is 2.21. The van der Waals surface area contributed by atoms with Gasteiger partial charge in [0.15, 0.2) is 0 Å². The van der Waals surface area contributed by atoms with Gasteiger partial charge in [0.1, 0.15) is 0 Å². The molecule has 0 aliphatic carbocycles. The van der Waals surface area contributed by atoms with Crippen LogP contribution < -0.4 is 0 Å². The molecule has 0 aliphatic rings. The van der Waals surface area contributed by atoms with Gasteiger partial charge in [0.05, 0.1) is 13.2 Å². The van der Waals surface area contributed by atoms with E-state index in [2.05, 4.69) is 9.47 Å². The second kappa shape index (κ2) is 6.56. The van der Waals surface area contributed by atoms with E-state index in [1.807, 2.05) is 0 Å². The summed E-state index contributed by atoms with van der Waals surface area (Å²) in [6.45, 7) is 7.11. The maximum atomic E-state index is 11.2. The fourth-order valence-corrected chi connectivity index (χ4v) is 0.769.